The highest BCUT2D eigenvalue weighted by atomic mass is 32.2. The molecule has 0 bridgehead atoms. The van der Waals surface area contributed by atoms with Gasteiger partial charge in [0.05, 0.1) is 23.6 Å². The Morgan fingerprint density at radius 2 is 2.25 bits per heavy atom. The Morgan fingerprint density at radius 1 is 1.40 bits per heavy atom. The number of fused-ring (bicyclic) bond motifs is 1. The van der Waals surface area contributed by atoms with Crippen LogP contribution in [0.15, 0.2) is 12.2 Å². The molecule has 4 unspecified atom stereocenters. The lowest BCUT2D eigenvalue weighted by atomic mass is 10.0. The summed E-state index contributed by atoms with van der Waals surface area (Å²) in [7, 11) is 0. The van der Waals surface area contributed by atoms with Crippen molar-refractivity contribution in [1.82, 2.24) is 15.9 Å². The first-order valence-electron chi connectivity index (χ1n) is 7.29. The van der Waals surface area contributed by atoms with Crippen LogP contribution in [0.2, 0.25) is 0 Å². The van der Waals surface area contributed by atoms with Gasteiger partial charge in [0.2, 0.25) is 0 Å². The number of nitrogens with zero attached hydrogens (tertiary/aromatic N) is 1. The second kappa shape index (κ2) is 6.34. The number of amides is 2. The molecule has 20 heavy (non-hydrogen) atoms. The molecule has 3 rings (SSSR count). The molecular weight excluding hydrogens is 276 g/mol. The van der Waals surface area contributed by atoms with Crippen LogP contribution >= 0.6 is 11.8 Å². The molecule has 2 heterocycles. The lowest BCUT2D eigenvalue weighted by Crippen LogP contribution is -2.48. The normalized spacial score (nSPS) is 39.0. The van der Waals surface area contributed by atoms with E-state index in [1.165, 1.54) is 0 Å². The highest BCUT2D eigenvalue weighted by molar-refractivity contribution is 8.00. The monoisotopic (exact) mass is 298 g/mol. The summed E-state index contributed by atoms with van der Waals surface area (Å²) in [6.45, 7) is 0. The summed E-state index contributed by atoms with van der Waals surface area (Å²) in [5, 5.41) is 4.46. The van der Waals surface area contributed by atoms with Gasteiger partial charge in [0.1, 0.15) is 0 Å². The van der Waals surface area contributed by atoms with Crippen molar-refractivity contribution in [3.05, 3.63) is 12.2 Å². The van der Waals surface area contributed by atoms with E-state index in [-0.39, 0.29) is 29.6 Å². The highest BCUT2D eigenvalue weighted by Gasteiger charge is 2.47. The van der Waals surface area contributed by atoms with Crippen molar-refractivity contribution in [3.63, 3.8) is 0 Å². The number of hydrogen-bond acceptors (Lipinski definition) is 5. The Morgan fingerprint density at radius 3 is 3.15 bits per heavy atom. The molecule has 7 heteroatoms. The van der Waals surface area contributed by atoms with E-state index < -0.39 is 0 Å². The van der Waals surface area contributed by atoms with E-state index in [0.29, 0.717) is 0 Å². The number of nitrogens with one attached hydrogen (secondary N) is 2. The highest BCUT2D eigenvalue weighted by Crippen LogP contribution is 2.30. The Kier molecular flexibility index (Phi) is 4.50. The molecule has 0 aromatic rings. The van der Waals surface area contributed by atoms with E-state index in [0.717, 1.165) is 37.9 Å². The van der Waals surface area contributed by atoms with Gasteiger partial charge in [0.25, 0.3) is 0 Å². The molecule has 2 saturated heterocycles. The molecular formula is C13H22N4O2S. The molecule has 112 valence electrons. The van der Waals surface area contributed by atoms with Gasteiger partial charge in [-0.1, -0.05) is 12.2 Å². The summed E-state index contributed by atoms with van der Waals surface area (Å²) in [5.74, 6) is 0.842. The first-order valence-corrected chi connectivity index (χ1v) is 8.34. The van der Waals surface area contributed by atoms with Crippen LogP contribution in [0.5, 0.6) is 0 Å². The molecule has 0 saturated carbocycles. The third-order valence-corrected chi connectivity index (χ3v) is 5.32. The van der Waals surface area contributed by atoms with Crippen LogP contribution in [0.3, 0.4) is 0 Å². The summed E-state index contributed by atoms with van der Waals surface area (Å²) in [6.07, 6.45) is 9.89. The molecule has 2 fully saturated rings. The van der Waals surface area contributed by atoms with Gasteiger partial charge in [0, 0.05) is 5.75 Å². The topological polar surface area (TPSA) is 79.6 Å². The van der Waals surface area contributed by atoms with E-state index >= 15 is 0 Å². The maximum Gasteiger partial charge on any atom is 0.334 e. The van der Waals surface area contributed by atoms with Gasteiger partial charge in [0.15, 0.2) is 0 Å². The van der Waals surface area contributed by atoms with Crippen molar-refractivity contribution < 1.29 is 9.63 Å². The quantitative estimate of drug-likeness (QED) is 0.413. The van der Waals surface area contributed by atoms with Crippen LogP contribution in [-0.4, -0.2) is 40.4 Å². The summed E-state index contributed by atoms with van der Waals surface area (Å²) in [6, 6.07) is -0.0405. The number of thioether (sulfide) groups is 1. The Hall–Kier alpha value is -0.760. The molecule has 0 radical (unpaired) electrons. The Bertz CT molecular complexity index is 393. The smallest absolute Gasteiger partial charge is 0.329 e. The summed E-state index contributed by atoms with van der Waals surface area (Å²) >= 11 is 1.68. The Balaban J connectivity index is 1.52. The summed E-state index contributed by atoms with van der Waals surface area (Å²) in [5.41, 5.74) is 8.84. The molecule has 2 aliphatic heterocycles. The fourth-order valence-corrected chi connectivity index (χ4v) is 4.13. The van der Waals surface area contributed by atoms with Gasteiger partial charge in [-0.2, -0.15) is 0 Å². The van der Waals surface area contributed by atoms with Crippen LogP contribution in [0.4, 0.5) is 4.79 Å². The fraction of sp³-hybridized carbons (Fsp3) is 0.769. The fourth-order valence-electron chi connectivity index (χ4n) is 2.90. The molecule has 1 aliphatic carbocycles. The molecule has 3 aliphatic rings. The molecule has 0 aromatic heterocycles. The minimum absolute atomic E-state index is 0.0175. The average molecular weight is 298 g/mol. The maximum absolute atomic E-state index is 11.9. The third-order valence-electron chi connectivity index (χ3n) is 4.11. The van der Waals surface area contributed by atoms with E-state index in [9.17, 15) is 4.79 Å². The zero-order valence-electron chi connectivity index (χ0n) is 11.5. The molecule has 2 amide bonds. The van der Waals surface area contributed by atoms with E-state index in [2.05, 4.69) is 23.1 Å². The maximum atomic E-state index is 11.9. The minimum Gasteiger partial charge on any atom is -0.329 e. The minimum atomic E-state index is -0.138. The zero-order valence-corrected chi connectivity index (χ0v) is 12.3. The van der Waals surface area contributed by atoms with E-state index in [4.69, 9.17) is 10.6 Å². The number of carbonyl (C=O) groups excluding carboxylic acids is 1. The summed E-state index contributed by atoms with van der Waals surface area (Å²) < 4.78 is 0. The number of rotatable bonds is 3. The van der Waals surface area contributed by atoms with Crippen molar-refractivity contribution in [3.8, 4) is 0 Å². The molecule has 4 atom stereocenters. The molecule has 0 aromatic carbocycles. The van der Waals surface area contributed by atoms with Gasteiger partial charge in [-0.25, -0.2) is 9.80 Å². The molecule has 6 nitrogen and oxygen atoms in total. The molecule has 0 spiro atoms. The van der Waals surface area contributed by atoms with Gasteiger partial charge >= 0.3 is 6.03 Å². The number of hydrazine groups is 1. The van der Waals surface area contributed by atoms with Crippen molar-refractivity contribution in [2.24, 2.45) is 5.73 Å². The standard InChI is InChI=1S/C13H22N4O2S/c14-12-11-10(8-20-12)17(13(18)15-11)16-19-9-6-4-2-1-3-5-7-9/h1-2,9-12,16H,3-8,14H2,(H,15,18)/b2-1+. The predicted molar refractivity (Wildman–Crippen MR) is 78.6 cm³/mol. The SMILES string of the molecule is NC1SCC2C1NC(=O)N2NOC1CC/C=C/CCC1. The van der Waals surface area contributed by atoms with Gasteiger partial charge in [-0.3, -0.25) is 4.84 Å². The average Bonchev–Trinajstić information content (AvgIpc) is 2.89. The van der Waals surface area contributed by atoms with E-state index in [1.807, 2.05) is 0 Å². The molecule has 4 N–H and O–H groups in total. The first kappa shape index (κ1) is 14.2. The van der Waals surface area contributed by atoms with Crippen molar-refractivity contribution in [2.45, 2.75) is 55.7 Å². The largest absolute Gasteiger partial charge is 0.334 e. The Labute approximate surface area is 123 Å². The lowest BCUT2D eigenvalue weighted by molar-refractivity contribution is -0.113. The summed E-state index contributed by atoms with van der Waals surface area (Å²) in [4.78, 5) is 17.7. The van der Waals surface area contributed by atoms with Crippen LogP contribution in [0, 0.1) is 0 Å². The lowest BCUT2D eigenvalue weighted by Gasteiger charge is -2.25. The third kappa shape index (κ3) is 2.95. The van der Waals surface area contributed by atoms with Crippen molar-refractivity contribution >= 4 is 17.8 Å². The predicted octanol–water partition coefficient (Wildman–Crippen LogP) is 1.11. The van der Waals surface area contributed by atoms with E-state index in [1.54, 1.807) is 16.8 Å². The number of urea groups is 1. The van der Waals surface area contributed by atoms with Crippen LogP contribution in [0.1, 0.15) is 32.1 Å². The number of allylic oxidation sites excluding steroid dienone is 2. The number of hydrogen-bond donors (Lipinski definition) is 3. The number of nitrogens with two attached hydrogens (primary N) is 1. The second-order valence-corrected chi connectivity index (χ2v) is 6.73. The van der Waals surface area contributed by atoms with Crippen LogP contribution in [0.25, 0.3) is 0 Å². The van der Waals surface area contributed by atoms with Gasteiger partial charge < -0.3 is 11.1 Å². The van der Waals surface area contributed by atoms with Crippen LogP contribution < -0.4 is 16.6 Å². The van der Waals surface area contributed by atoms with Crippen molar-refractivity contribution in [1.29, 1.82) is 0 Å². The zero-order chi connectivity index (χ0) is 13.9. The van der Waals surface area contributed by atoms with Gasteiger partial charge in [-0.05, 0) is 32.1 Å². The number of carbonyl (C=O) groups is 1. The van der Waals surface area contributed by atoms with Crippen molar-refractivity contribution in [2.75, 3.05) is 5.75 Å². The van der Waals surface area contributed by atoms with Gasteiger partial charge in [-0.15, -0.1) is 17.4 Å². The first-order chi connectivity index (χ1) is 9.75. The van der Waals surface area contributed by atoms with Crippen LogP contribution in [-0.2, 0) is 4.84 Å². The second-order valence-electron chi connectivity index (χ2n) is 5.52.